The summed E-state index contributed by atoms with van der Waals surface area (Å²) in [5, 5.41) is 0.823. The molecule has 16 heavy (non-hydrogen) atoms. The zero-order valence-electron chi connectivity index (χ0n) is 9.91. The second kappa shape index (κ2) is 4.64. The van der Waals surface area contributed by atoms with Gasteiger partial charge in [-0.15, -0.1) is 0 Å². The lowest BCUT2D eigenvalue weighted by atomic mass is 10.1. The van der Waals surface area contributed by atoms with E-state index in [-0.39, 0.29) is 6.04 Å². The Morgan fingerprint density at radius 3 is 2.75 bits per heavy atom. The number of halogens is 1. The smallest absolute Gasteiger partial charge is 0.0642 e. The molecule has 0 amide bonds. The van der Waals surface area contributed by atoms with Crippen LogP contribution in [0.1, 0.15) is 38.3 Å². The van der Waals surface area contributed by atoms with Gasteiger partial charge >= 0.3 is 0 Å². The standard InChI is InChI=1S/C13H19ClN2/c1-9-4-3-7-16(9)13-6-5-11(10(2)15)8-12(13)14/h5-6,8-10H,3-4,7,15H2,1-2H3/t9?,10-/m1/s1. The minimum absolute atomic E-state index is 0.0440. The van der Waals surface area contributed by atoms with E-state index < -0.39 is 0 Å². The molecular weight excluding hydrogens is 220 g/mol. The van der Waals surface area contributed by atoms with Crippen molar-refractivity contribution in [2.24, 2.45) is 5.73 Å². The number of nitrogens with two attached hydrogens (primary N) is 1. The van der Waals surface area contributed by atoms with Crippen molar-refractivity contribution < 1.29 is 0 Å². The number of benzene rings is 1. The van der Waals surface area contributed by atoms with E-state index in [1.165, 1.54) is 12.8 Å². The van der Waals surface area contributed by atoms with Crippen LogP contribution in [0.5, 0.6) is 0 Å². The van der Waals surface area contributed by atoms with Crippen molar-refractivity contribution in [2.75, 3.05) is 11.4 Å². The molecule has 2 atom stereocenters. The summed E-state index contributed by atoms with van der Waals surface area (Å²) in [6, 6.07) is 6.81. The zero-order chi connectivity index (χ0) is 11.7. The molecule has 88 valence electrons. The Kier molecular flexibility index (Phi) is 3.41. The van der Waals surface area contributed by atoms with Crippen LogP contribution in [0.3, 0.4) is 0 Å². The van der Waals surface area contributed by atoms with Gasteiger partial charge in [-0.25, -0.2) is 0 Å². The molecule has 1 aromatic carbocycles. The normalized spacial score (nSPS) is 22.5. The Morgan fingerprint density at radius 1 is 1.50 bits per heavy atom. The van der Waals surface area contributed by atoms with E-state index in [0.29, 0.717) is 6.04 Å². The van der Waals surface area contributed by atoms with Gasteiger partial charge < -0.3 is 10.6 Å². The van der Waals surface area contributed by atoms with Crippen LogP contribution in [0.15, 0.2) is 18.2 Å². The number of hydrogen-bond donors (Lipinski definition) is 1. The lowest BCUT2D eigenvalue weighted by molar-refractivity contribution is 0.734. The van der Waals surface area contributed by atoms with Gasteiger partial charge in [0.25, 0.3) is 0 Å². The summed E-state index contributed by atoms with van der Waals surface area (Å²) in [4.78, 5) is 2.38. The van der Waals surface area contributed by atoms with Crippen LogP contribution >= 0.6 is 11.6 Å². The summed E-state index contributed by atoms with van der Waals surface area (Å²) in [5.41, 5.74) is 8.09. The first-order valence-electron chi connectivity index (χ1n) is 5.91. The molecular formula is C13H19ClN2. The van der Waals surface area contributed by atoms with E-state index in [1.54, 1.807) is 0 Å². The van der Waals surface area contributed by atoms with Crippen LogP contribution in [0.25, 0.3) is 0 Å². The van der Waals surface area contributed by atoms with Crippen molar-refractivity contribution in [3.63, 3.8) is 0 Å². The molecule has 2 rings (SSSR count). The maximum Gasteiger partial charge on any atom is 0.0642 e. The number of anilines is 1. The molecule has 0 spiro atoms. The first kappa shape index (κ1) is 11.7. The molecule has 1 heterocycles. The fourth-order valence-corrected chi connectivity index (χ4v) is 2.63. The number of nitrogens with zero attached hydrogens (tertiary/aromatic N) is 1. The largest absolute Gasteiger partial charge is 0.368 e. The summed E-state index contributed by atoms with van der Waals surface area (Å²) in [6.07, 6.45) is 2.51. The first-order valence-corrected chi connectivity index (χ1v) is 6.29. The molecule has 2 nitrogen and oxygen atoms in total. The summed E-state index contributed by atoms with van der Waals surface area (Å²) in [7, 11) is 0. The molecule has 1 aromatic rings. The number of rotatable bonds is 2. The van der Waals surface area contributed by atoms with Gasteiger partial charge in [-0.2, -0.15) is 0 Å². The van der Waals surface area contributed by atoms with Crippen LogP contribution in [0.4, 0.5) is 5.69 Å². The van der Waals surface area contributed by atoms with Gasteiger partial charge in [0.15, 0.2) is 0 Å². The summed E-state index contributed by atoms with van der Waals surface area (Å²) in [5.74, 6) is 0. The van der Waals surface area contributed by atoms with Gasteiger partial charge in [0.05, 0.1) is 10.7 Å². The molecule has 0 saturated carbocycles. The van der Waals surface area contributed by atoms with Crippen molar-refractivity contribution in [3.8, 4) is 0 Å². The molecule has 1 aliphatic rings. The summed E-state index contributed by atoms with van der Waals surface area (Å²) in [6.45, 7) is 5.34. The van der Waals surface area contributed by atoms with Crippen LogP contribution < -0.4 is 10.6 Å². The molecule has 0 aromatic heterocycles. The highest BCUT2D eigenvalue weighted by Crippen LogP contribution is 2.33. The molecule has 3 heteroatoms. The number of hydrogen-bond acceptors (Lipinski definition) is 2. The second-order valence-electron chi connectivity index (χ2n) is 4.68. The van der Waals surface area contributed by atoms with Gasteiger partial charge in [0.1, 0.15) is 0 Å². The van der Waals surface area contributed by atoms with E-state index in [2.05, 4.69) is 24.0 Å². The lowest BCUT2D eigenvalue weighted by Gasteiger charge is -2.25. The van der Waals surface area contributed by atoms with Crippen molar-refractivity contribution >= 4 is 17.3 Å². The zero-order valence-corrected chi connectivity index (χ0v) is 10.7. The fraction of sp³-hybridized carbons (Fsp3) is 0.538. The highest BCUT2D eigenvalue weighted by Gasteiger charge is 2.22. The Hall–Kier alpha value is -0.730. The molecule has 1 aliphatic heterocycles. The molecule has 2 N–H and O–H groups in total. The highest BCUT2D eigenvalue weighted by atomic mass is 35.5. The maximum atomic E-state index is 6.32. The molecule has 1 unspecified atom stereocenters. The average Bonchev–Trinajstić information content (AvgIpc) is 2.64. The van der Waals surface area contributed by atoms with Gasteiger partial charge in [-0.05, 0) is 44.4 Å². The van der Waals surface area contributed by atoms with Crippen molar-refractivity contribution in [1.82, 2.24) is 0 Å². The maximum absolute atomic E-state index is 6.32. The Bertz CT molecular complexity index is 376. The van der Waals surface area contributed by atoms with Gasteiger partial charge in [-0.3, -0.25) is 0 Å². The van der Waals surface area contributed by atoms with E-state index in [4.69, 9.17) is 17.3 Å². The van der Waals surface area contributed by atoms with E-state index >= 15 is 0 Å². The van der Waals surface area contributed by atoms with Crippen LogP contribution in [0.2, 0.25) is 5.02 Å². The molecule has 0 radical (unpaired) electrons. The quantitative estimate of drug-likeness (QED) is 0.856. The predicted molar refractivity (Wildman–Crippen MR) is 70.1 cm³/mol. The minimum atomic E-state index is 0.0440. The topological polar surface area (TPSA) is 29.3 Å². The minimum Gasteiger partial charge on any atom is -0.368 e. The van der Waals surface area contributed by atoms with Crippen LogP contribution in [0, 0.1) is 0 Å². The van der Waals surface area contributed by atoms with E-state index in [9.17, 15) is 0 Å². The Labute approximate surface area is 102 Å². The third-order valence-electron chi connectivity index (χ3n) is 3.36. The van der Waals surface area contributed by atoms with Gasteiger partial charge in [0.2, 0.25) is 0 Å². The predicted octanol–water partition coefficient (Wildman–Crippen LogP) is 3.35. The van der Waals surface area contributed by atoms with Crippen LogP contribution in [-0.4, -0.2) is 12.6 Å². The second-order valence-corrected chi connectivity index (χ2v) is 5.09. The fourth-order valence-electron chi connectivity index (χ4n) is 2.33. The summed E-state index contributed by atoms with van der Waals surface area (Å²) >= 11 is 6.32. The summed E-state index contributed by atoms with van der Waals surface area (Å²) < 4.78 is 0. The molecule has 1 fully saturated rings. The third-order valence-corrected chi connectivity index (χ3v) is 3.66. The van der Waals surface area contributed by atoms with E-state index in [0.717, 1.165) is 22.8 Å². The average molecular weight is 239 g/mol. The SMILES string of the molecule is CC1CCCN1c1ccc([C@@H](C)N)cc1Cl. The van der Waals surface area contributed by atoms with Crippen molar-refractivity contribution in [1.29, 1.82) is 0 Å². The Morgan fingerprint density at radius 2 is 2.25 bits per heavy atom. The van der Waals surface area contributed by atoms with Crippen molar-refractivity contribution in [2.45, 2.75) is 38.8 Å². The van der Waals surface area contributed by atoms with Gasteiger partial charge in [-0.1, -0.05) is 17.7 Å². The highest BCUT2D eigenvalue weighted by molar-refractivity contribution is 6.33. The molecule has 1 saturated heterocycles. The monoisotopic (exact) mass is 238 g/mol. The van der Waals surface area contributed by atoms with Crippen molar-refractivity contribution in [3.05, 3.63) is 28.8 Å². The molecule has 0 bridgehead atoms. The van der Waals surface area contributed by atoms with Crippen LogP contribution in [-0.2, 0) is 0 Å². The first-order chi connectivity index (χ1) is 7.59. The Balaban J connectivity index is 2.28. The third kappa shape index (κ3) is 2.18. The van der Waals surface area contributed by atoms with E-state index in [1.807, 2.05) is 13.0 Å². The van der Waals surface area contributed by atoms with Gasteiger partial charge in [0, 0.05) is 18.6 Å². The molecule has 0 aliphatic carbocycles. The lowest BCUT2D eigenvalue weighted by Crippen LogP contribution is -2.26.